The third-order valence-corrected chi connectivity index (χ3v) is 5.45. The first-order valence-electron chi connectivity index (χ1n) is 9.23. The third kappa shape index (κ3) is 4.08. The average molecular weight is 420 g/mol. The summed E-state index contributed by atoms with van der Waals surface area (Å²) < 4.78 is 12.5. The average Bonchev–Trinajstić information content (AvgIpc) is 3.23. The van der Waals surface area contributed by atoms with Crippen LogP contribution in [-0.2, 0) is 4.79 Å². The lowest BCUT2D eigenvalue weighted by Crippen LogP contribution is -2.14. The fourth-order valence-electron chi connectivity index (χ4n) is 3.07. The van der Waals surface area contributed by atoms with E-state index in [1.54, 1.807) is 43.3 Å². The van der Waals surface area contributed by atoms with Crippen molar-refractivity contribution in [2.45, 2.75) is 5.03 Å². The van der Waals surface area contributed by atoms with Crippen molar-refractivity contribution in [1.29, 1.82) is 0 Å². The van der Waals surface area contributed by atoms with E-state index in [2.05, 4.69) is 15.4 Å². The molecule has 4 rings (SSSR count). The van der Waals surface area contributed by atoms with Gasteiger partial charge in [0.25, 0.3) is 0 Å². The van der Waals surface area contributed by atoms with Gasteiger partial charge in [-0.2, -0.15) is 5.10 Å². The molecule has 152 valence electrons. The van der Waals surface area contributed by atoms with E-state index >= 15 is 0 Å². The molecule has 7 nitrogen and oxygen atoms in total. The zero-order valence-corrected chi connectivity index (χ0v) is 17.3. The summed E-state index contributed by atoms with van der Waals surface area (Å²) in [6, 6.07) is 17.0. The number of nitrogens with one attached hydrogen (secondary N) is 1. The highest BCUT2D eigenvalue weighted by molar-refractivity contribution is 8.00. The molecule has 0 radical (unpaired) electrons. The van der Waals surface area contributed by atoms with E-state index in [-0.39, 0.29) is 11.7 Å². The molecule has 1 amide bonds. The van der Waals surface area contributed by atoms with Crippen molar-refractivity contribution in [1.82, 2.24) is 14.6 Å². The summed E-state index contributed by atoms with van der Waals surface area (Å²) in [5.74, 6) is 1.44. The second-order valence-electron chi connectivity index (χ2n) is 6.33. The van der Waals surface area contributed by atoms with Gasteiger partial charge in [-0.1, -0.05) is 36.0 Å². The first kappa shape index (κ1) is 19.8. The van der Waals surface area contributed by atoms with Crippen LogP contribution >= 0.6 is 11.8 Å². The molecule has 2 aromatic heterocycles. The van der Waals surface area contributed by atoms with Crippen LogP contribution in [-0.4, -0.2) is 40.5 Å². The van der Waals surface area contributed by atoms with E-state index < -0.39 is 0 Å². The summed E-state index contributed by atoms with van der Waals surface area (Å²) in [4.78, 5) is 16.9. The molecule has 0 aliphatic carbocycles. The third-order valence-electron chi connectivity index (χ3n) is 4.46. The Balaban J connectivity index is 1.53. The van der Waals surface area contributed by atoms with Crippen LogP contribution in [0.2, 0.25) is 0 Å². The van der Waals surface area contributed by atoms with Crippen molar-refractivity contribution in [2.24, 2.45) is 0 Å². The molecule has 0 spiro atoms. The maximum Gasteiger partial charge on any atom is 0.234 e. The number of rotatable bonds is 7. The molecule has 0 fully saturated rings. The van der Waals surface area contributed by atoms with Gasteiger partial charge < -0.3 is 14.8 Å². The lowest BCUT2D eigenvalue weighted by atomic mass is 10.1. The number of hydrogen-bond donors (Lipinski definition) is 1. The predicted octanol–water partition coefficient (Wildman–Crippen LogP) is 4.14. The van der Waals surface area contributed by atoms with Gasteiger partial charge in [0, 0.05) is 18.0 Å². The van der Waals surface area contributed by atoms with Crippen molar-refractivity contribution < 1.29 is 14.3 Å². The van der Waals surface area contributed by atoms with E-state index in [4.69, 9.17) is 9.47 Å². The summed E-state index contributed by atoms with van der Waals surface area (Å²) in [6.45, 7) is 0. The number of carbonyl (C=O) groups excluding carboxylic acids is 1. The number of anilines is 1. The van der Waals surface area contributed by atoms with Crippen molar-refractivity contribution in [3.05, 3.63) is 67.0 Å². The molecule has 1 N–H and O–H groups in total. The number of nitrogens with zero attached hydrogens (tertiary/aromatic N) is 3. The van der Waals surface area contributed by atoms with E-state index in [1.165, 1.54) is 11.8 Å². The summed E-state index contributed by atoms with van der Waals surface area (Å²) in [5.41, 5.74) is 3.14. The van der Waals surface area contributed by atoms with Crippen molar-refractivity contribution in [2.75, 3.05) is 25.3 Å². The molecule has 2 heterocycles. The Labute approximate surface area is 178 Å². The molecule has 0 bridgehead atoms. The minimum Gasteiger partial charge on any atom is -0.496 e. The van der Waals surface area contributed by atoms with Crippen molar-refractivity contribution in [3.63, 3.8) is 0 Å². The molecule has 0 unspecified atom stereocenters. The highest BCUT2D eigenvalue weighted by atomic mass is 32.2. The largest absolute Gasteiger partial charge is 0.496 e. The zero-order valence-electron chi connectivity index (χ0n) is 16.5. The highest BCUT2D eigenvalue weighted by Gasteiger charge is 2.14. The molecule has 2 aromatic carbocycles. The smallest absolute Gasteiger partial charge is 0.234 e. The van der Waals surface area contributed by atoms with Crippen molar-refractivity contribution >= 4 is 28.9 Å². The van der Waals surface area contributed by atoms with Crippen LogP contribution in [0.15, 0.2) is 72.0 Å². The monoisotopic (exact) mass is 420 g/mol. The number of fused-ring (bicyclic) bond motifs is 1. The number of ether oxygens (including phenoxy) is 2. The van der Waals surface area contributed by atoms with Gasteiger partial charge in [0.1, 0.15) is 16.5 Å². The number of carbonyl (C=O) groups is 1. The fourth-order valence-corrected chi connectivity index (χ4v) is 3.84. The summed E-state index contributed by atoms with van der Waals surface area (Å²) in [6.07, 6.45) is 3.46. The van der Waals surface area contributed by atoms with Crippen LogP contribution in [0.25, 0.3) is 16.8 Å². The number of benzene rings is 2. The molecule has 0 aliphatic rings. The Morgan fingerprint density at radius 3 is 2.60 bits per heavy atom. The number of aromatic nitrogens is 3. The minimum atomic E-state index is -0.141. The second kappa shape index (κ2) is 8.87. The molecule has 8 heteroatoms. The van der Waals surface area contributed by atoms with E-state index in [0.717, 1.165) is 27.5 Å². The number of amides is 1. The van der Waals surface area contributed by atoms with Crippen LogP contribution in [0.4, 0.5) is 5.69 Å². The van der Waals surface area contributed by atoms with Gasteiger partial charge >= 0.3 is 0 Å². The SMILES string of the molecule is COc1ccccc1NC(=O)CSc1nccn2nc(-c3ccccc3OC)cc12. The van der Waals surface area contributed by atoms with E-state index in [9.17, 15) is 4.79 Å². The van der Waals surface area contributed by atoms with E-state index in [0.29, 0.717) is 11.4 Å². The van der Waals surface area contributed by atoms with Crippen LogP contribution < -0.4 is 14.8 Å². The van der Waals surface area contributed by atoms with Gasteiger partial charge in [0.2, 0.25) is 5.91 Å². The minimum absolute atomic E-state index is 0.141. The van der Waals surface area contributed by atoms with Crippen LogP contribution in [0, 0.1) is 0 Å². The molecule has 0 saturated carbocycles. The number of methoxy groups -OCH3 is 2. The van der Waals surface area contributed by atoms with Crippen LogP contribution in [0.5, 0.6) is 11.5 Å². The van der Waals surface area contributed by atoms with Crippen LogP contribution in [0.3, 0.4) is 0 Å². The summed E-state index contributed by atoms with van der Waals surface area (Å²) >= 11 is 1.35. The lowest BCUT2D eigenvalue weighted by Gasteiger charge is -2.09. The van der Waals surface area contributed by atoms with Crippen molar-refractivity contribution in [3.8, 4) is 22.8 Å². The molecule has 4 aromatic rings. The van der Waals surface area contributed by atoms with Gasteiger partial charge in [-0.05, 0) is 30.3 Å². The predicted molar refractivity (Wildman–Crippen MR) is 117 cm³/mol. The Morgan fingerprint density at radius 1 is 1.07 bits per heavy atom. The number of hydrogen-bond acceptors (Lipinski definition) is 6. The maximum absolute atomic E-state index is 12.4. The standard InChI is InChI=1S/C22H20N4O3S/c1-28-19-9-5-3-7-15(19)17-13-18-22(23-11-12-26(18)25-17)30-14-21(27)24-16-8-4-6-10-20(16)29-2/h3-13H,14H2,1-2H3,(H,24,27). The zero-order chi connectivity index (χ0) is 20.9. The summed E-state index contributed by atoms with van der Waals surface area (Å²) in [7, 11) is 3.21. The molecule has 0 atom stereocenters. The molecular formula is C22H20N4O3S. The molecule has 30 heavy (non-hydrogen) atoms. The van der Waals surface area contributed by atoms with Gasteiger partial charge in [-0.15, -0.1) is 0 Å². The van der Waals surface area contributed by atoms with Crippen LogP contribution in [0.1, 0.15) is 0 Å². The normalized spacial score (nSPS) is 10.7. The topological polar surface area (TPSA) is 77.8 Å². The molecule has 0 saturated heterocycles. The number of thioether (sulfide) groups is 1. The van der Waals surface area contributed by atoms with Gasteiger partial charge in [-0.3, -0.25) is 4.79 Å². The Kier molecular flexibility index (Phi) is 5.85. The first-order chi connectivity index (χ1) is 14.7. The highest BCUT2D eigenvalue weighted by Crippen LogP contribution is 2.31. The van der Waals surface area contributed by atoms with Gasteiger partial charge in [0.05, 0.1) is 36.9 Å². The summed E-state index contributed by atoms with van der Waals surface area (Å²) in [5, 5.41) is 8.23. The lowest BCUT2D eigenvalue weighted by molar-refractivity contribution is -0.113. The Bertz CT molecular complexity index is 1190. The van der Waals surface area contributed by atoms with E-state index in [1.807, 2.05) is 42.5 Å². The Hall–Kier alpha value is -3.52. The molecule has 0 aliphatic heterocycles. The molecular weight excluding hydrogens is 400 g/mol. The van der Waals surface area contributed by atoms with Gasteiger partial charge in [0.15, 0.2) is 0 Å². The van der Waals surface area contributed by atoms with Gasteiger partial charge in [-0.25, -0.2) is 9.50 Å². The first-order valence-corrected chi connectivity index (χ1v) is 10.2. The maximum atomic E-state index is 12.4. The Morgan fingerprint density at radius 2 is 1.80 bits per heavy atom. The fraction of sp³-hybridized carbons (Fsp3) is 0.136. The number of para-hydroxylation sites is 3. The quantitative estimate of drug-likeness (QED) is 0.453. The second-order valence-corrected chi connectivity index (χ2v) is 7.29.